The highest BCUT2D eigenvalue weighted by Gasteiger charge is 2.18. The molecule has 8 heteroatoms. The van der Waals surface area contributed by atoms with Gasteiger partial charge in [-0.15, -0.1) is 0 Å². The van der Waals surface area contributed by atoms with Gasteiger partial charge in [0.05, 0.1) is 19.3 Å². The van der Waals surface area contributed by atoms with E-state index >= 15 is 0 Å². The van der Waals surface area contributed by atoms with Gasteiger partial charge >= 0.3 is 5.97 Å². The van der Waals surface area contributed by atoms with Gasteiger partial charge < -0.3 is 14.5 Å². The van der Waals surface area contributed by atoms with Gasteiger partial charge in [0.2, 0.25) is 5.95 Å². The summed E-state index contributed by atoms with van der Waals surface area (Å²) in [6.45, 7) is 6.13. The number of nitrogens with one attached hydrogen (secondary N) is 1. The number of nitrogens with zero attached hydrogens (tertiary/aromatic N) is 2. The standard InChI is InChI=1S/C25H24ClN3O4/c1-4-21-15(3)19-12-18(10-11-22(19)33-21)28-25-27-13-20(24(31)32-5-2)23(30)29(25)14-16-6-8-17(26)9-7-16/h6-13H,4-5,14H2,1-3H3,(H,27,28). The highest BCUT2D eigenvalue weighted by molar-refractivity contribution is 6.30. The first-order valence-corrected chi connectivity index (χ1v) is 11.1. The van der Waals surface area contributed by atoms with E-state index in [4.69, 9.17) is 20.8 Å². The molecule has 0 aliphatic rings. The Morgan fingerprint density at radius 3 is 2.64 bits per heavy atom. The third-order valence-electron chi connectivity index (χ3n) is 5.41. The highest BCUT2D eigenvalue weighted by Crippen LogP contribution is 2.29. The van der Waals surface area contributed by atoms with E-state index in [0.717, 1.165) is 40.0 Å². The lowest BCUT2D eigenvalue weighted by molar-refractivity contribution is 0.0523. The van der Waals surface area contributed by atoms with E-state index in [1.165, 1.54) is 10.8 Å². The molecular weight excluding hydrogens is 442 g/mol. The summed E-state index contributed by atoms with van der Waals surface area (Å²) >= 11 is 6.00. The number of hydrogen-bond acceptors (Lipinski definition) is 6. The molecular formula is C25H24ClN3O4. The molecule has 170 valence electrons. The lowest BCUT2D eigenvalue weighted by Crippen LogP contribution is -2.30. The second-order valence-electron chi connectivity index (χ2n) is 7.57. The highest BCUT2D eigenvalue weighted by atomic mass is 35.5. The van der Waals surface area contributed by atoms with Crippen molar-refractivity contribution < 1.29 is 13.9 Å². The minimum Gasteiger partial charge on any atom is -0.462 e. The van der Waals surface area contributed by atoms with Crippen LogP contribution in [-0.2, 0) is 17.7 Å². The maximum absolute atomic E-state index is 13.2. The fourth-order valence-corrected chi connectivity index (χ4v) is 3.80. The number of halogens is 1. The first-order valence-electron chi connectivity index (χ1n) is 10.7. The average molecular weight is 466 g/mol. The van der Waals surface area contributed by atoms with E-state index in [-0.39, 0.29) is 18.7 Å². The van der Waals surface area contributed by atoms with Crippen LogP contribution >= 0.6 is 11.6 Å². The largest absolute Gasteiger partial charge is 0.462 e. The Morgan fingerprint density at radius 2 is 1.94 bits per heavy atom. The van der Waals surface area contributed by atoms with Crippen molar-refractivity contribution in [2.45, 2.75) is 33.7 Å². The van der Waals surface area contributed by atoms with Crippen molar-refractivity contribution in [1.82, 2.24) is 9.55 Å². The number of benzene rings is 2. The van der Waals surface area contributed by atoms with E-state index < -0.39 is 11.5 Å². The molecule has 0 amide bonds. The van der Waals surface area contributed by atoms with Gasteiger partial charge in [-0.2, -0.15) is 0 Å². The van der Waals surface area contributed by atoms with Gasteiger partial charge in [-0.3, -0.25) is 9.36 Å². The average Bonchev–Trinajstić information content (AvgIpc) is 3.13. The molecule has 0 bridgehead atoms. The molecule has 7 nitrogen and oxygen atoms in total. The Labute approximate surface area is 196 Å². The van der Waals surface area contributed by atoms with Crippen LogP contribution in [0, 0.1) is 6.92 Å². The molecule has 2 heterocycles. The molecule has 0 radical (unpaired) electrons. The number of esters is 1. The van der Waals surface area contributed by atoms with Gasteiger partial charge in [-0.1, -0.05) is 30.7 Å². The predicted octanol–water partition coefficient (Wildman–Crippen LogP) is 5.48. The van der Waals surface area contributed by atoms with Crippen LogP contribution in [0.3, 0.4) is 0 Å². The van der Waals surface area contributed by atoms with Crippen molar-refractivity contribution in [3.8, 4) is 0 Å². The number of aryl methyl sites for hydroxylation is 2. The number of aromatic nitrogens is 2. The second-order valence-corrected chi connectivity index (χ2v) is 8.01. The molecule has 2 aromatic heterocycles. The van der Waals surface area contributed by atoms with Crippen molar-refractivity contribution in [3.63, 3.8) is 0 Å². The number of ether oxygens (including phenoxy) is 1. The monoisotopic (exact) mass is 465 g/mol. The molecule has 0 saturated carbocycles. The van der Waals surface area contributed by atoms with Crippen LogP contribution in [-0.4, -0.2) is 22.1 Å². The molecule has 4 aromatic rings. The molecule has 0 aliphatic carbocycles. The topological polar surface area (TPSA) is 86.4 Å². The smallest absolute Gasteiger partial charge is 0.345 e. The van der Waals surface area contributed by atoms with Crippen LogP contribution in [0.5, 0.6) is 0 Å². The van der Waals surface area contributed by atoms with Crippen LogP contribution in [0.15, 0.2) is 57.9 Å². The summed E-state index contributed by atoms with van der Waals surface area (Å²) in [6.07, 6.45) is 2.05. The van der Waals surface area contributed by atoms with Crippen molar-refractivity contribution in [2.24, 2.45) is 0 Å². The molecule has 0 fully saturated rings. The van der Waals surface area contributed by atoms with Crippen molar-refractivity contribution >= 4 is 40.2 Å². The number of furan rings is 1. The summed E-state index contributed by atoms with van der Waals surface area (Å²) < 4.78 is 12.3. The number of rotatable bonds is 7. The summed E-state index contributed by atoms with van der Waals surface area (Å²) in [7, 11) is 0. The molecule has 0 unspecified atom stereocenters. The zero-order valence-corrected chi connectivity index (χ0v) is 19.4. The van der Waals surface area contributed by atoms with Crippen LogP contribution in [0.4, 0.5) is 11.6 Å². The van der Waals surface area contributed by atoms with Gasteiger partial charge in [0, 0.05) is 22.5 Å². The Morgan fingerprint density at radius 1 is 1.18 bits per heavy atom. The van der Waals surface area contributed by atoms with Gasteiger partial charge in [-0.25, -0.2) is 9.78 Å². The Hall–Kier alpha value is -3.58. The summed E-state index contributed by atoms with van der Waals surface area (Å²) in [5.41, 5.74) is 2.86. The Balaban J connectivity index is 1.76. The molecule has 0 aliphatic heterocycles. The molecule has 4 rings (SSSR count). The maximum atomic E-state index is 13.2. The van der Waals surface area contributed by atoms with Gasteiger partial charge in [0.25, 0.3) is 5.56 Å². The first-order chi connectivity index (χ1) is 15.9. The van der Waals surface area contributed by atoms with Crippen molar-refractivity contribution in [1.29, 1.82) is 0 Å². The molecule has 1 N–H and O–H groups in total. The number of hydrogen-bond donors (Lipinski definition) is 1. The molecule has 0 saturated heterocycles. The zero-order valence-electron chi connectivity index (χ0n) is 18.6. The van der Waals surface area contributed by atoms with E-state index in [0.29, 0.717) is 11.0 Å². The van der Waals surface area contributed by atoms with Gasteiger partial charge in [0.1, 0.15) is 16.9 Å². The first kappa shape index (κ1) is 22.6. The fraction of sp³-hybridized carbons (Fsp3) is 0.240. The van der Waals surface area contributed by atoms with Gasteiger partial charge in [0.15, 0.2) is 0 Å². The molecule has 0 atom stereocenters. The van der Waals surface area contributed by atoms with Crippen molar-refractivity contribution in [3.05, 3.63) is 86.5 Å². The fourth-order valence-electron chi connectivity index (χ4n) is 3.68. The summed E-state index contributed by atoms with van der Waals surface area (Å²) in [6, 6.07) is 12.9. The lowest BCUT2D eigenvalue weighted by Gasteiger charge is -2.15. The Kier molecular flexibility index (Phi) is 6.51. The second kappa shape index (κ2) is 9.50. The Bertz CT molecular complexity index is 1370. The van der Waals surface area contributed by atoms with E-state index in [1.54, 1.807) is 19.1 Å². The number of carbonyl (C=O) groups is 1. The number of fused-ring (bicyclic) bond motifs is 1. The quantitative estimate of drug-likeness (QED) is 0.363. The third-order valence-corrected chi connectivity index (χ3v) is 5.66. The molecule has 33 heavy (non-hydrogen) atoms. The van der Waals surface area contributed by atoms with Crippen LogP contribution in [0.2, 0.25) is 5.02 Å². The number of anilines is 2. The summed E-state index contributed by atoms with van der Waals surface area (Å²) in [5.74, 6) is 0.548. The normalized spacial score (nSPS) is 11.0. The SMILES string of the molecule is CCOC(=O)c1cnc(Nc2ccc3oc(CC)c(C)c3c2)n(Cc2ccc(Cl)cc2)c1=O. The molecule has 2 aromatic carbocycles. The van der Waals surface area contributed by atoms with E-state index in [9.17, 15) is 9.59 Å². The minimum absolute atomic E-state index is 0.120. The minimum atomic E-state index is -0.700. The lowest BCUT2D eigenvalue weighted by atomic mass is 10.1. The van der Waals surface area contributed by atoms with Crippen LogP contribution < -0.4 is 10.9 Å². The van der Waals surface area contributed by atoms with Gasteiger partial charge in [-0.05, 0) is 55.3 Å². The summed E-state index contributed by atoms with van der Waals surface area (Å²) in [5, 5.41) is 4.81. The zero-order chi connectivity index (χ0) is 23.5. The van der Waals surface area contributed by atoms with Crippen LogP contribution in [0.25, 0.3) is 11.0 Å². The van der Waals surface area contributed by atoms with Crippen molar-refractivity contribution in [2.75, 3.05) is 11.9 Å². The molecule has 0 spiro atoms. The predicted molar refractivity (Wildman–Crippen MR) is 129 cm³/mol. The number of carbonyl (C=O) groups excluding carboxylic acids is 1. The third kappa shape index (κ3) is 4.64. The van der Waals surface area contributed by atoms with Crippen LogP contribution in [0.1, 0.15) is 41.1 Å². The van der Waals surface area contributed by atoms with E-state index in [1.807, 2.05) is 44.2 Å². The van der Waals surface area contributed by atoms with E-state index in [2.05, 4.69) is 10.3 Å². The summed E-state index contributed by atoms with van der Waals surface area (Å²) in [4.78, 5) is 29.9. The maximum Gasteiger partial charge on any atom is 0.345 e.